The maximum absolute atomic E-state index is 11.8. The number of hydrogen-bond donors (Lipinski definition) is 3. The highest BCUT2D eigenvalue weighted by atomic mass is 16.3. The molecule has 1 aliphatic carbocycles. The molecule has 2 rings (SSSR count). The van der Waals surface area contributed by atoms with Crippen molar-refractivity contribution in [2.45, 2.75) is 38.0 Å². The van der Waals surface area contributed by atoms with Crippen LogP contribution in [0.3, 0.4) is 0 Å². The van der Waals surface area contributed by atoms with Crippen molar-refractivity contribution in [3.63, 3.8) is 0 Å². The van der Waals surface area contributed by atoms with Crippen LogP contribution in [-0.4, -0.2) is 44.3 Å². The second-order valence-corrected chi connectivity index (χ2v) is 4.26. The quantitative estimate of drug-likeness (QED) is 0.638. The van der Waals surface area contributed by atoms with E-state index < -0.39 is 18.2 Å². The molecule has 1 aromatic rings. The van der Waals surface area contributed by atoms with Gasteiger partial charge in [-0.25, -0.2) is 4.98 Å². The Balaban J connectivity index is 2.00. The Bertz CT molecular complexity index is 407. The predicted octanol–water partition coefficient (Wildman–Crippen LogP) is -0.601. The predicted molar refractivity (Wildman–Crippen MR) is 59.3 cm³/mol. The monoisotopic (exact) mass is 237 g/mol. The Labute approximate surface area is 98.7 Å². The standard InChI is InChI=1S/C11H15N3O3/c1-6-4-13-8(5-12-6)11(17)14-7-2-3-9(15)10(7)16/h4-5,7,9-10,15-16H,2-3H2,1H3,(H,14,17)/t7-,9-,10-/m1/s1. The number of aromatic nitrogens is 2. The van der Waals surface area contributed by atoms with Crippen LogP contribution < -0.4 is 5.32 Å². The lowest BCUT2D eigenvalue weighted by molar-refractivity contribution is 0.0296. The third-order valence-electron chi connectivity index (χ3n) is 2.91. The van der Waals surface area contributed by atoms with Crippen LogP contribution in [0.5, 0.6) is 0 Å². The molecule has 0 bridgehead atoms. The molecule has 0 aromatic carbocycles. The third kappa shape index (κ3) is 2.59. The smallest absolute Gasteiger partial charge is 0.271 e. The van der Waals surface area contributed by atoms with Gasteiger partial charge in [0.25, 0.3) is 5.91 Å². The molecule has 0 aliphatic heterocycles. The zero-order valence-electron chi connectivity index (χ0n) is 9.50. The molecule has 1 heterocycles. The fourth-order valence-electron chi connectivity index (χ4n) is 1.87. The molecule has 1 aromatic heterocycles. The lowest BCUT2D eigenvalue weighted by atomic mass is 10.2. The molecule has 0 spiro atoms. The van der Waals surface area contributed by atoms with Gasteiger partial charge in [0.05, 0.1) is 24.0 Å². The summed E-state index contributed by atoms with van der Waals surface area (Å²) in [6.45, 7) is 1.78. The summed E-state index contributed by atoms with van der Waals surface area (Å²) in [7, 11) is 0. The molecule has 3 atom stereocenters. The Morgan fingerprint density at radius 1 is 1.35 bits per heavy atom. The van der Waals surface area contributed by atoms with Crippen LogP contribution in [0, 0.1) is 6.92 Å². The number of nitrogens with one attached hydrogen (secondary N) is 1. The van der Waals surface area contributed by atoms with Gasteiger partial charge in [-0.05, 0) is 19.8 Å². The normalized spacial score (nSPS) is 28.1. The van der Waals surface area contributed by atoms with Gasteiger partial charge >= 0.3 is 0 Å². The van der Waals surface area contributed by atoms with Gasteiger partial charge in [0.1, 0.15) is 11.8 Å². The summed E-state index contributed by atoms with van der Waals surface area (Å²) >= 11 is 0. The summed E-state index contributed by atoms with van der Waals surface area (Å²) in [5.74, 6) is -0.379. The number of carbonyl (C=O) groups is 1. The molecule has 1 fully saturated rings. The maximum atomic E-state index is 11.8. The number of hydrogen-bond acceptors (Lipinski definition) is 5. The van der Waals surface area contributed by atoms with E-state index in [0.717, 1.165) is 5.69 Å². The second kappa shape index (κ2) is 4.77. The van der Waals surface area contributed by atoms with Crippen LogP contribution in [0.15, 0.2) is 12.4 Å². The van der Waals surface area contributed by atoms with Crippen molar-refractivity contribution in [3.8, 4) is 0 Å². The zero-order valence-corrected chi connectivity index (χ0v) is 9.50. The first-order chi connectivity index (χ1) is 8.08. The van der Waals surface area contributed by atoms with E-state index in [1.807, 2.05) is 0 Å². The van der Waals surface area contributed by atoms with E-state index in [4.69, 9.17) is 0 Å². The van der Waals surface area contributed by atoms with Crippen molar-refractivity contribution >= 4 is 5.91 Å². The molecule has 1 amide bonds. The molecule has 92 valence electrons. The van der Waals surface area contributed by atoms with Crippen LogP contribution in [0.4, 0.5) is 0 Å². The van der Waals surface area contributed by atoms with Crippen molar-refractivity contribution in [2.24, 2.45) is 0 Å². The molecule has 6 heteroatoms. The number of aliphatic hydroxyl groups excluding tert-OH is 2. The third-order valence-corrected chi connectivity index (χ3v) is 2.91. The highest BCUT2D eigenvalue weighted by Crippen LogP contribution is 2.19. The zero-order chi connectivity index (χ0) is 12.4. The highest BCUT2D eigenvalue weighted by Gasteiger charge is 2.34. The molecule has 0 unspecified atom stereocenters. The Hall–Kier alpha value is -1.53. The Morgan fingerprint density at radius 3 is 2.65 bits per heavy atom. The molecule has 1 aliphatic rings. The number of rotatable bonds is 2. The second-order valence-electron chi connectivity index (χ2n) is 4.26. The lowest BCUT2D eigenvalue weighted by Gasteiger charge is -2.17. The van der Waals surface area contributed by atoms with Gasteiger partial charge in [-0.3, -0.25) is 9.78 Å². The Morgan fingerprint density at radius 2 is 2.12 bits per heavy atom. The van der Waals surface area contributed by atoms with E-state index in [2.05, 4.69) is 15.3 Å². The minimum Gasteiger partial charge on any atom is -0.390 e. The van der Waals surface area contributed by atoms with Crippen molar-refractivity contribution in [2.75, 3.05) is 0 Å². The van der Waals surface area contributed by atoms with E-state index in [1.54, 1.807) is 6.92 Å². The van der Waals surface area contributed by atoms with Gasteiger partial charge in [-0.15, -0.1) is 0 Å². The highest BCUT2D eigenvalue weighted by molar-refractivity contribution is 5.92. The molecule has 17 heavy (non-hydrogen) atoms. The molecule has 0 saturated heterocycles. The summed E-state index contributed by atoms with van der Waals surface area (Å²) in [6, 6.07) is -0.416. The molecular weight excluding hydrogens is 222 g/mol. The van der Waals surface area contributed by atoms with Crippen molar-refractivity contribution in [1.29, 1.82) is 0 Å². The minimum atomic E-state index is -0.905. The lowest BCUT2D eigenvalue weighted by Crippen LogP contribution is -2.43. The van der Waals surface area contributed by atoms with Gasteiger partial charge in [0, 0.05) is 6.20 Å². The number of aliphatic hydroxyl groups is 2. The van der Waals surface area contributed by atoms with E-state index in [-0.39, 0.29) is 11.6 Å². The number of nitrogens with zero attached hydrogens (tertiary/aromatic N) is 2. The van der Waals surface area contributed by atoms with Crippen LogP contribution in [0.2, 0.25) is 0 Å². The van der Waals surface area contributed by atoms with E-state index in [1.165, 1.54) is 12.4 Å². The average Bonchev–Trinajstić information content (AvgIpc) is 2.62. The topological polar surface area (TPSA) is 95.3 Å². The number of amides is 1. The Kier molecular flexibility index (Phi) is 3.35. The van der Waals surface area contributed by atoms with Gasteiger partial charge in [-0.1, -0.05) is 0 Å². The summed E-state index contributed by atoms with van der Waals surface area (Å²) < 4.78 is 0. The van der Waals surface area contributed by atoms with E-state index in [0.29, 0.717) is 12.8 Å². The van der Waals surface area contributed by atoms with E-state index in [9.17, 15) is 15.0 Å². The molecule has 6 nitrogen and oxygen atoms in total. The van der Waals surface area contributed by atoms with Crippen molar-refractivity contribution in [1.82, 2.24) is 15.3 Å². The van der Waals surface area contributed by atoms with Gasteiger partial charge < -0.3 is 15.5 Å². The fraction of sp³-hybridized carbons (Fsp3) is 0.545. The minimum absolute atomic E-state index is 0.212. The number of carbonyl (C=O) groups excluding carboxylic acids is 1. The summed E-state index contributed by atoms with van der Waals surface area (Å²) in [4.78, 5) is 19.7. The molecule has 1 saturated carbocycles. The van der Waals surface area contributed by atoms with Crippen molar-refractivity contribution < 1.29 is 15.0 Å². The van der Waals surface area contributed by atoms with Gasteiger partial charge in [0.2, 0.25) is 0 Å². The van der Waals surface area contributed by atoms with Crippen molar-refractivity contribution in [3.05, 3.63) is 23.8 Å². The first-order valence-electron chi connectivity index (χ1n) is 5.53. The van der Waals surface area contributed by atoms with E-state index >= 15 is 0 Å². The molecule has 0 radical (unpaired) electrons. The van der Waals surface area contributed by atoms with Crippen LogP contribution >= 0.6 is 0 Å². The summed E-state index contributed by atoms with van der Waals surface area (Å²) in [6.07, 6.45) is 2.29. The average molecular weight is 237 g/mol. The molecular formula is C11H15N3O3. The summed E-state index contributed by atoms with van der Waals surface area (Å²) in [5.41, 5.74) is 0.946. The first-order valence-corrected chi connectivity index (χ1v) is 5.53. The first kappa shape index (κ1) is 11.9. The van der Waals surface area contributed by atoms with Gasteiger partial charge in [-0.2, -0.15) is 0 Å². The SMILES string of the molecule is Cc1cnc(C(=O)N[C@@H]2CC[C@@H](O)[C@@H]2O)cn1. The summed E-state index contributed by atoms with van der Waals surface area (Å²) in [5, 5.41) is 21.6. The molecule has 3 N–H and O–H groups in total. The maximum Gasteiger partial charge on any atom is 0.271 e. The largest absolute Gasteiger partial charge is 0.390 e. The van der Waals surface area contributed by atoms with Crippen LogP contribution in [-0.2, 0) is 0 Å². The van der Waals surface area contributed by atoms with Crippen LogP contribution in [0.1, 0.15) is 29.0 Å². The fourth-order valence-corrected chi connectivity index (χ4v) is 1.87. The van der Waals surface area contributed by atoms with Gasteiger partial charge in [0.15, 0.2) is 0 Å². The van der Waals surface area contributed by atoms with Crippen LogP contribution in [0.25, 0.3) is 0 Å². The number of aryl methyl sites for hydroxylation is 1.